The molecule has 0 aliphatic heterocycles. The van der Waals surface area contributed by atoms with Crippen molar-refractivity contribution in [1.29, 1.82) is 0 Å². The van der Waals surface area contributed by atoms with Gasteiger partial charge in [-0.05, 0) is 57.8 Å². The first-order valence-electron chi connectivity index (χ1n) is 17.2. The number of hydrogen-bond acceptors (Lipinski definition) is 3. The van der Waals surface area contributed by atoms with Crippen molar-refractivity contribution in [2.45, 2.75) is 168 Å². The maximum atomic E-state index is 11.7. The van der Waals surface area contributed by atoms with Gasteiger partial charge in [0.2, 0.25) is 0 Å². The van der Waals surface area contributed by atoms with Crippen molar-refractivity contribution in [3.8, 4) is 0 Å². The van der Waals surface area contributed by atoms with Crippen LogP contribution in [0.5, 0.6) is 0 Å². The Balaban J connectivity index is 3.28. The molecule has 0 saturated carbocycles. The van der Waals surface area contributed by atoms with Gasteiger partial charge in [0.05, 0.1) is 13.2 Å². The molecule has 0 bridgehead atoms. The molecule has 232 valence electrons. The van der Waals surface area contributed by atoms with Gasteiger partial charge in [-0.15, -0.1) is 0 Å². The van der Waals surface area contributed by atoms with Crippen molar-refractivity contribution in [2.24, 2.45) is 0 Å². The van der Waals surface area contributed by atoms with Crippen LogP contribution in [-0.4, -0.2) is 19.4 Å². The van der Waals surface area contributed by atoms with E-state index in [9.17, 15) is 4.79 Å². The Morgan fingerprint density at radius 1 is 0.400 bits per heavy atom. The van der Waals surface area contributed by atoms with Crippen LogP contribution >= 0.6 is 0 Å². The lowest BCUT2D eigenvalue weighted by Crippen LogP contribution is -2.09. The molecule has 0 atom stereocenters. The van der Waals surface area contributed by atoms with E-state index in [0.717, 1.165) is 32.1 Å². The monoisotopic (exact) mass is 559 g/mol. The Kier molecular flexibility index (Phi) is 33.7. The predicted octanol–water partition coefficient (Wildman–Crippen LogP) is 12.8. The van der Waals surface area contributed by atoms with Crippen LogP contribution in [0.1, 0.15) is 168 Å². The highest BCUT2D eigenvalue weighted by atomic mass is 16.7. The second-order valence-corrected chi connectivity index (χ2v) is 11.2. The van der Waals surface area contributed by atoms with Crippen molar-refractivity contribution in [3.63, 3.8) is 0 Å². The molecule has 0 aliphatic carbocycles. The topological polar surface area (TPSA) is 35.5 Å². The van der Waals surface area contributed by atoms with Crippen molar-refractivity contribution in [2.75, 3.05) is 13.2 Å². The van der Waals surface area contributed by atoms with Crippen LogP contribution < -0.4 is 0 Å². The number of hydrogen-bond donors (Lipinski definition) is 0. The molecule has 0 aromatic heterocycles. The normalized spacial score (nSPS) is 12.1. The van der Waals surface area contributed by atoms with Crippen molar-refractivity contribution in [1.82, 2.24) is 0 Å². The van der Waals surface area contributed by atoms with Crippen molar-refractivity contribution < 1.29 is 14.3 Å². The highest BCUT2D eigenvalue weighted by Gasteiger charge is 2.03. The molecule has 0 rings (SSSR count). The first-order valence-corrected chi connectivity index (χ1v) is 17.2. The molecular formula is C37H66O3. The van der Waals surface area contributed by atoms with Gasteiger partial charge in [-0.2, -0.15) is 0 Å². The molecule has 0 aliphatic rings. The second kappa shape index (κ2) is 35.3. The average molecular weight is 559 g/mol. The van der Waals surface area contributed by atoms with Crippen LogP contribution in [0, 0.1) is 0 Å². The molecule has 0 spiro atoms. The quantitative estimate of drug-likeness (QED) is 0.0380. The highest BCUT2D eigenvalue weighted by molar-refractivity contribution is 5.59. The number of unbranched alkanes of at least 4 members (excludes halogenated alkanes) is 20. The van der Waals surface area contributed by atoms with E-state index in [1.807, 2.05) is 0 Å². The van der Waals surface area contributed by atoms with E-state index in [-0.39, 0.29) is 0 Å². The molecule has 0 N–H and O–H groups in total. The summed E-state index contributed by atoms with van der Waals surface area (Å²) in [5, 5.41) is 0. The summed E-state index contributed by atoms with van der Waals surface area (Å²) in [5.74, 6) is 0. The molecule has 0 saturated heterocycles. The number of allylic oxidation sites excluding steroid dienone is 8. The number of carbonyl (C=O) groups is 1. The van der Waals surface area contributed by atoms with Crippen LogP contribution in [0.15, 0.2) is 48.6 Å². The summed E-state index contributed by atoms with van der Waals surface area (Å²) < 4.78 is 10.4. The molecule has 3 nitrogen and oxygen atoms in total. The summed E-state index contributed by atoms with van der Waals surface area (Å²) in [6, 6.07) is 0. The Morgan fingerprint density at radius 3 is 1.20 bits per heavy atom. The van der Waals surface area contributed by atoms with Crippen molar-refractivity contribution in [3.05, 3.63) is 48.6 Å². The SMILES string of the molecule is CCCCC=CC=CC=CCCCCCCCCOC(=O)OCCCCCCCCC=CCCCCCCCC. The lowest BCUT2D eigenvalue weighted by atomic mass is 10.1. The number of ether oxygens (including phenoxy) is 2. The molecule has 40 heavy (non-hydrogen) atoms. The van der Waals surface area contributed by atoms with E-state index >= 15 is 0 Å². The third kappa shape index (κ3) is 34.3. The van der Waals surface area contributed by atoms with Gasteiger partial charge < -0.3 is 9.47 Å². The largest absolute Gasteiger partial charge is 0.508 e. The van der Waals surface area contributed by atoms with Gasteiger partial charge in [0.25, 0.3) is 0 Å². The fourth-order valence-corrected chi connectivity index (χ4v) is 4.57. The first kappa shape index (κ1) is 38.2. The second-order valence-electron chi connectivity index (χ2n) is 11.2. The molecule has 0 amide bonds. The molecule has 0 aromatic carbocycles. The molecule has 3 heteroatoms. The van der Waals surface area contributed by atoms with E-state index in [1.54, 1.807) is 0 Å². The zero-order valence-corrected chi connectivity index (χ0v) is 26.7. The summed E-state index contributed by atoms with van der Waals surface area (Å²) in [5.41, 5.74) is 0. The van der Waals surface area contributed by atoms with Crippen LogP contribution in [0.25, 0.3) is 0 Å². The van der Waals surface area contributed by atoms with Crippen LogP contribution in [0.2, 0.25) is 0 Å². The van der Waals surface area contributed by atoms with E-state index < -0.39 is 6.16 Å². The van der Waals surface area contributed by atoms with E-state index in [1.165, 1.54) is 122 Å². The molecule has 0 unspecified atom stereocenters. The maximum absolute atomic E-state index is 11.7. The standard InChI is InChI=1S/C37H66O3/c1-3-5-7-9-11-13-15-17-19-21-23-25-27-29-31-33-35-39-37(38)40-36-34-32-30-28-26-24-22-20-18-16-14-12-10-8-6-4-2/h9,11,13,15,17-20H,3-8,10,12,14,16,21-36H2,1-2H3. The minimum absolute atomic E-state index is 0.480. The lowest BCUT2D eigenvalue weighted by molar-refractivity contribution is 0.0529. The smallest absolute Gasteiger partial charge is 0.434 e. The Morgan fingerprint density at radius 2 is 0.750 bits per heavy atom. The van der Waals surface area contributed by atoms with Gasteiger partial charge >= 0.3 is 6.16 Å². The highest BCUT2D eigenvalue weighted by Crippen LogP contribution is 2.11. The summed E-state index contributed by atoms with van der Waals surface area (Å²) >= 11 is 0. The van der Waals surface area contributed by atoms with Gasteiger partial charge in [0.15, 0.2) is 0 Å². The van der Waals surface area contributed by atoms with Gasteiger partial charge in [0.1, 0.15) is 0 Å². The minimum atomic E-state index is -0.495. The molecule has 0 radical (unpaired) electrons. The van der Waals surface area contributed by atoms with Gasteiger partial charge in [0, 0.05) is 0 Å². The molecule has 0 heterocycles. The Hall–Kier alpha value is -1.77. The van der Waals surface area contributed by atoms with E-state index in [2.05, 4.69) is 62.5 Å². The minimum Gasteiger partial charge on any atom is -0.434 e. The lowest BCUT2D eigenvalue weighted by Gasteiger charge is -2.06. The fourth-order valence-electron chi connectivity index (χ4n) is 4.57. The molecule has 0 fully saturated rings. The number of rotatable bonds is 30. The van der Waals surface area contributed by atoms with E-state index in [0.29, 0.717) is 13.2 Å². The van der Waals surface area contributed by atoms with Crippen LogP contribution in [-0.2, 0) is 9.47 Å². The summed E-state index contributed by atoms with van der Waals surface area (Å²) in [6.07, 6.45) is 47.1. The average Bonchev–Trinajstić information content (AvgIpc) is 2.96. The van der Waals surface area contributed by atoms with E-state index in [4.69, 9.17) is 9.47 Å². The predicted molar refractivity (Wildman–Crippen MR) is 176 cm³/mol. The fraction of sp³-hybridized carbons (Fsp3) is 0.757. The third-order valence-corrected chi connectivity index (χ3v) is 7.19. The third-order valence-electron chi connectivity index (χ3n) is 7.19. The van der Waals surface area contributed by atoms with Crippen molar-refractivity contribution >= 4 is 6.16 Å². The number of carbonyl (C=O) groups excluding carboxylic acids is 1. The summed E-state index contributed by atoms with van der Waals surface area (Å²) in [7, 11) is 0. The Labute approximate surface area is 250 Å². The zero-order chi connectivity index (χ0) is 29.0. The zero-order valence-electron chi connectivity index (χ0n) is 26.7. The summed E-state index contributed by atoms with van der Waals surface area (Å²) in [6.45, 7) is 5.46. The maximum Gasteiger partial charge on any atom is 0.508 e. The first-order chi connectivity index (χ1) is 19.8. The van der Waals surface area contributed by atoms with Crippen LogP contribution in [0.3, 0.4) is 0 Å². The van der Waals surface area contributed by atoms with Crippen LogP contribution in [0.4, 0.5) is 4.79 Å². The Bertz CT molecular complexity index is 617. The molecule has 0 aromatic rings. The van der Waals surface area contributed by atoms with Gasteiger partial charge in [-0.25, -0.2) is 4.79 Å². The van der Waals surface area contributed by atoms with Gasteiger partial charge in [-0.3, -0.25) is 0 Å². The van der Waals surface area contributed by atoms with Gasteiger partial charge in [-0.1, -0.05) is 159 Å². The molecular weight excluding hydrogens is 492 g/mol. The summed E-state index contributed by atoms with van der Waals surface area (Å²) in [4.78, 5) is 11.7.